The van der Waals surface area contributed by atoms with E-state index < -0.39 is 0 Å². The monoisotopic (exact) mass is 382 g/mol. The molecule has 2 aromatic rings. The first-order chi connectivity index (χ1) is 13.8. The first kappa shape index (κ1) is 18.6. The lowest BCUT2D eigenvalue weighted by Crippen LogP contribution is -2.49. The fourth-order valence-corrected chi connectivity index (χ4v) is 3.50. The van der Waals surface area contributed by atoms with Crippen molar-refractivity contribution in [1.82, 2.24) is 9.80 Å². The van der Waals surface area contributed by atoms with Crippen molar-refractivity contribution in [2.24, 2.45) is 0 Å². The number of hydrogen-bond donors (Lipinski definition) is 0. The molecule has 0 unspecified atom stereocenters. The van der Waals surface area contributed by atoms with Crippen LogP contribution in [-0.2, 0) is 17.8 Å². The molecular formula is C22H26N2O4. The van der Waals surface area contributed by atoms with Gasteiger partial charge in [0.1, 0.15) is 19.8 Å². The number of fused-ring (bicyclic) bond motifs is 1. The third-order valence-corrected chi connectivity index (χ3v) is 5.16. The molecule has 0 spiro atoms. The zero-order valence-electron chi connectivity index (χ0n) is 16.0. The molecule has 0 N–H and O–H groups in total. The highest BCUT2D eigenvalue weighted by atomic mass is 16.6. The average Bonchev–Trinajstić information content (AvgIpc) is 2.77. The van der Waals surface area contributed by atoms with Crippen molar-refractivity contribution in [1.29, 1.82) is 0 Å². The van der Waals surface area contributed by atoms with E-state index in [4.69, 9.17) is 14.2 Å². The lowest BCUT2D eigenvalue weighted by atomic mass is 10.1. The zero-order chi connectivity index (χ0) is 19.2. The quantitative estimate of drug-likeness (QED) is 0.796. The summed E-state index contributed by atoms with van der Waals surface area (Å²) in [5.41, 5.74) is 2.25. The predicted molar refractivity (Wildman–Crippen MR) is 106 cm³/mol. The maximum atomic E-state index is 12.3. The van der Waals surface area contributed by atoms with Crippen LogP contribution >= 0.6 is 0 Å². The highest BCUT2D eigenvalue weighted by Crippen LogP contribution is 2.30. The second-order valence-electron chi connectivity index (χ2n) is 7.10. The third-order valence-electron chi connectivity index (χ3n) is 5.16. The second kappa shape index (κ2) is 8.97. The Morgan fingerprint density at radius 2 is 1.64 bits per heavy atom. The summed E-state index contributed by atoms with van der Waals surface area (Å²) in [4.78, 5) is 16.4. The molecule has 1 fully saturated rings. The second-order valence-corrected chi connectivity index (χ2v) is 7.10. The molecule has 28 heavy (non-hydrogen) atoms. The molecule has 0 radical (unpaired) electrons. The van der Waals surface area contributed by atoms with Crippen molar-refractivity contribution in [2.75, 3.05) is 45.9 Å². The highest BCUT2D eigenvalue weighted by Gasteiger charge is 2.22. The van der Waals surface area contributed by atoms with Gasteiger partial charge >= 0.3 is 6.09 Å². The van der Waals surface area contributed by atoms with Crippen LogP contribution in [0.25, 0.3) is 0 Å². The van der Waals surface area contributed by atoms with Crippen LogP contribution in [0.2, 0.25) is 0 Å². The molecule has 0 aliphatic carbocycles. The van der Waals surface area contributed by atoms with Gasteiger partial charge in [-0.2, -0.15) is 0 Å². The van der Waals surface area contributed by atoms with Crippen molar-refractivity contribution < 1.29 is 19.0 Å². The van der Waals surface area contributed by atoms with Crippen LogP contribution in [0.4, 0.5) is 4.79 Å². The lowest BCUT2D eigenvalue weighted by molar-refractivity contribution is 0.0719. The van der Waals surface area contributed by atoms with E-state index in [9.17, 15) is 4.79 Å². The summed E-state index contributed by atoms with van der Waals surface area (Å²) in [5.74, 6) is 1.67. The standard InChI is InChI=1S/C22H26N2O4/c25-22(28-17-19-4-2-1-3-5-19)24-12-10-23(11-13-24)9-8-18-6-7-20-21(16-18)27-15-14-26-20/h1-7,16H,8-15,17H2. The first-order valence-electron chi connectivity index (χ1n) is 9.84. The van der Waals surface area contributed by atoms with E-state index in [1.165, 1.54) is 5.56 Å². The Morgan fingerprint density at radius 3 is 2.43 bits per heavy atom. The molecule has 4 rings (SSSR count). The van der Waals surface area contributed by atoms with Gasteiger partial charge in [-0.05, 0) is 29.7 Å². The Labute approximate surface area is 165 Å². The molecule has 0 aromatic heterocycles. The van der Waals surface area contributed by atoms with Crippen molar-refractivity contribution >= 4 is 6.09 Å². The number of ether oxygens (including phenoxy) is 3. The van der Waals surface area contributed by atoms with E-state index in [1.807, 2.05) is 36.4 Å². The maximum absolute atomic E-state index is 12.3. The Balaban J connectivity index is 1.19. The number of amides is 1. The smallest absolute Gasteiger partial charge is 0.410 e. The third kappa shape index (κ3) is 4.75. The van der Waals surface area contributed by atoms with Crippen LogP contribution in [0.3, 0.4) is 0 Å². The largest absolute Gasteiger partial charge is 0.486 e. The van der Waals surface area contributed by atoms with E-state index in [2.05, 4.69) is 17.0 Å². The first-order valence-corrected chi connectivity index (χ1v) is 9.84. The van der Waals surface area contributed by atoms with Crippen LogP contribution < -0.4 is 9.47 Å². The fourth-order valence-electron chi connectivity index (χ4n) is 3.50. The van der Waals surface area contributed by atoms with Crippen molar-refractivity contribution in [3.8, 4) is 11.5 Å². The molecule has 2 aromatic carbocycles. The normalized spacial score (nSPS) is 16.6. The number of hydrogen-bond acceptors (Lipinski definition) is 5. The summed E-state index contributed by atoms with van der Waals surface area (Å²) in [6.45, 7) is 5.65. The molecule has 2 heterocycles. The van der Waals surface area contributed by atoms with E-state index >= 15 is 0 Å². The molecule has 2 aliphatic rings. The summed E-state index contributed by atoms with van der Waals surface area (Å²) in [5, 5.41) is 0. The molecule has 6 heteroatoms. The lowest BCUT2D eigenvalue weighted by Gasteiger charge is -2.34. The zero-order valence-corrected chi connectivity index (χ0v) is 16.0. The van der Waals surface area contributed by atoms with Crippen LogP contribution in [0.1, 0.15) is 11.1 Å². The number of nitrogens with zero attached hydrogens (tertiary/aromatic N) is 2. The molecule has 1 saturated heterocycles. The van der Waals surface area contributed by atoms with Crippen molar-refractivity contribution in [2.45, 2.75) is 13.0 Å². The van der Waals surface area contributed by atoms with Gasteiger partial charge in [0.05, 0.1) is 0 Å². The summed E-state index contributed by atoms with van der Waals surface area (Å²) < 4.78 is 16.7. The fraction of sp³-hybridized carbons (Fsp3) is 0.409. The predicted octanol–water partition coefficient (Wildman–Crippen LogP) is 2.95. The van der Waals surface area contributed by atoms with Gasteiger partial charge in [0.15, 0.2) is 11.5 Å². The molecule has 2 aliphatic heterocycles. The highest BCUT2D eigenvalue weighted by molar-refractivity contribution is 5.67. The maximum Gasteiger partial charge on any atom is 0.410 e. The van der Waals surface area contributed by atoms with Gasteiger partial charge in [-0.1, -0.05) is 36.4 Å². The van der Waals surface area contributed by atoms with E-state index in [0.29, 0.717) is 32.9 Å². The van der Waals surface area contributed by atoms with Crippen molar-refractivity contribution in [3.63, 3.8) is 0 Å². The Kier molecular flexibility index (Phi) is 5.97. The van der Waals surface area contributed by atoms with Crippen molar-refractivity contribution in [3.05, 3.63) is 59.7 Å². The molecule has 0 bridgehead atoms. The van der Waals surface area contributed by atoms with Gasteiger partial charge in [0.25, 0.3) is 0 Å². The molecule has 0 atom stereocenters. The Morgan fingerprint density at radius 1 is 0.893 bits per heavy atom. The molecule has 148 valence electrons. The Bertz CT molecular complexity index is 788. The Hall–Kier alpha value is -2.73. The average molecular weight is 382 g/mol. The molecular weight excluding hydrogens is 356 g/mol. The number of benzene rings is 2. The van der Waals surface area contributed by atoms with Crippen LogP contribution in [-0.4, -0.2) is 61.8 Å². The minimum absolute atomic E-state index is 0.227. The molecule has 6 nitrogen and oxygen atoms in total. The summed E-state index contributed by atoms with van der Waals surface area (Å²) in [7, 11) is 0. The molecule has 0 saturated carbocycles. The number of carbonyl (C=O) groups excluding carboxylic acids is 1. The van der Waals surface area contributed by atoms with Gasteiger partial charge in [0, 0.05) is 32.7 Å². The topological polar surface area (TPSA) is 51.2 Å². The van der Waals surface area contributed by atoms with E-state index in [1.54, 1.807) is 4.90 Å². The summed E-state index contributed by atoms with van der Waals surface area (Å²) >= 11 is 0. The minimum atomic E-state index is -0.227. The number of rotatable bonds is 5. The van der Waals surface area contributed by atoms with E-state index in [0.717, 1.165) is 43.1 Å². The number of piperazine rings is 1. The van der Waals surface area contributed by atoms with Crippen LogP contribution in [0.15, 0.2) is 48.5 Å². The van der Waals surface area contributed by atoms with Crippen LogP contribution in [0, 0.1) is 0 Å². The van der Waals surface area contributed by atoms with Gasteiger partial charge in [-0.15, -0.1) is 0 Å². The van der Waals surface area contributed by atoms with Gasteiger partial charge in [0.2, 0.25) is 0 Å². The summed E-state index contributed by atoms with van der Waals surface area (Å²) in [6, 6.07) is 15.9. The SMILES string of the molecule is O=C(OCc1ccccc1)N1CCN(CCc2ccc3c(c2)OCCO3)CC1. The molecule has 1 amide bonds. The van der Waals surface area contributed by atoms with Crippen LogP contribution in [0.5, 0.6) is 11.5 Å². The van der Waals surface area contributed by atoms with Gasteiger partial charge in [-0.3, -0.25) is 4.90 Å². The van der Waals surface area contributed by atoms with Gasteiger partial charge < -0.3 is 19.1 Å². The minimum Gasteiger partial charge on any atom is -0.486 e. The van der Waals surface area contributed by atoms with Gasteiger partial charge in [-0.25, -0.2) is 4.79 Å². The summed E-state index contributed by atoms with van der Waals surface area (Å²) in [6.07, 6.45) is 0.727. The number of carbonyl (C=O) groups is 1. The van der Waals surface area contributed by atoms with E-state index in [-0.39, 0.29) is 6.09 Å².